The van der Waals surface area contributed by atoms with E-state index in [1.807, 2.05) is 17.5 Å². The first-order valence-electron chi connectivity index (χ1n) is 6.55. The van der Waals surface area contributed by atoms with Gasteiger partial charge >= 0.3 is 0 Å². The van der Waals surface area contributed by atoms with Crippen molar-refractivity contribution in [3.05, 3.63) is 22.4 Å². The van der Waals surface area contributed by atoms with Crippen molar-refractivity contribution in [2.75, 3.05) is 26.3 Å². The minimum absolute atomic E-state index is 0.0972. The normalized spacial score (nSPS) is 18.4. The maximum absolute atomic E-state index is 12.2. The van der Waals surface area contributed by atoms with Crippen molar-refractivity contribution in [3.63, 3.8) is 0 Å². The van der Waals surface area contributed by atoms with E-state index < -0.39 is 12.1 Å². The summed E-state index contributed by atoms with van der Waals surface area (Å²) >= 11 is 1.43. The third-order valence-electron chi connectivity index (χ3n) is 3.18. The molecule has 0 radical (unpaired) electrons. The van der Waals surface area contributed by atoms with E-state index in [0.717, 1.165) is 4.88 Å². The summed E-state index contributed by atoms with van der Waals surface area (Å²) in [4.78, 5) is 26.7. The molecule has 0 saturated carbocycles. The fraction of sp³-hybridized carbons (Fsp3) is 0.538. The van der Waals surface area contributed by atoms with Gasteiger partial charge in [0.1, 0.15) is 12.1 Å². The number of carbonyl (C=O) groups is 2. The molecule has 6 nitrogen and oxygen atoms in total. The Balaban J connectivity index is 1.88. The molecule has 2 unspecified atom stereocenters. The Kier molecular flexibility index (Phi) is 5.11. The zero-order chi connectivity index (χ0) is 14.5. The van der Waals surface area contributed by atoms with Crippen molar-refractivity contribution < 1.29 is 14.3 Å². The number of hydrogen-bond donors (Lipinski definition) is 2. The van der Waals surface area contributed by atoms with Gasteiger partial charge in [0.2, 0.25) is 11.8 Å². The third kappa shape index (κ3) is 3.56. The molecule has 2 rings (SSSR count). The first-order valence-corrected chi connectivity index (χ1v) is 7.43. The molecular weight excluding hydrogens is 278 g/mol. The molecule has 2 heterocycles. The van der Waals surface area contributed by atoms with Crippen LogP contribution in [0.3, 0.4) is 0 Å². The zero-order valence-corrected chi connectivity index (χ0v) is 12.2. The largest absolute Gasteiger partial charge is 0.378 e. The number of rotatable bonds is 4. The number of thiophene rings is 1. The van der Waals surface area contributed by atoms with Gasteiger partial charge in [0, 0.05) is 18.0 Å². The number of hydrogen-bond acceptors (Lipinski definition) is 5. The van der Waals surface area contributed by atoms with Crippen LogP contribution in [0, 0.1) is 0 Å². The van der Waals surface area contributed by atoms with Crippen LogP contribution < -0.4 is 11.1 Å². The van der Waals surface area contributed by atoms with Gasteiger partial charge in [-0.15, -0.1) is 11.3 Å². The first kappa shape index (κ1) is 15.0. The molecule has 110 valence electrons. The summed E-state index contributed by atoms with van der Waals surface area (Å²) in [5.41, 5.74) is 5.86. The van der Waals surface area contributed by atoms with E-state index >= 15 is 0 Å². The van der Waals surface area contributed by atoms with Crippen molar-refractivity contribution in [2.45, 2.75) is 19.0 Å². The second kappa shape index (κ2) is 6.83. The molecule has 7 heteroatoms. The molecule has 2 atom stereocenters. The van der Waals surface area contributed by atoms with Crippen LogP contribution in [-0.4, -0.2) is 49.1 Å². The fourth-order valence-electron chi connectivity index (χ4n) is 2.02. The van der Waals surface area contributed by atoms with E-state index in [9.17, 15) is 9.59 Å². The molecule has 1 aromatic rings. The minimum atomic E-state index is -0.727. The first-order chi connectivity index (χ1) is 9.59. The highest BCUT2D eigenvalue weighted by atomic mass is 32.1. The molecule has 0 aromatic carbocycles. The van der Waals surface area contributed by atoms with Crippen molar-refractivity contribution in [1.29, 1.82) is 0 Å². The van der Waals surface area contributed by atoms with Crippen molar-refractivity contribution in [1.82, 2.24) is 10.2 Å². The van der Waals surface area contributed by atoms with Gasteiger partial charge in [-0.1, -0.05) is 6.07 Å². The third-order valence-corrected chi connectivity index (χ3v) is 4.14. The van der Waals surface area contributed by atoms with Gasteiger partial charge < -0.3 is 20.7 Å². The van der Waals surface area contributed by atoms with Gasteiger partial charge in [0.15, 0.2) is 0 Å². The standard InChI is InChI=1S/C13H19N3O3S/c1-9(13(18)16-4-6-19-7-5-16)15-12(17)11(14)10-3-2-8-20-10/h2-3,8-9,11H,4-7,14H2,1H3,(H,15,17). The SMILES string of the molecule is CC(NC(=O)C(N)c1cccs1)C(=O)N1CCOCC1. The molecule has 1 aliphatic rings. The monoisotopic (exact) mass is 297 g/mol. The smallest absolute Gasteiger partial charge is 0.245 e. The van der Waals surface area contributed by atoms with Gasteiger partial charge in [-0.25, -0.2) is 0 Å². The summed E-state index contributed by atoms with van der Waals surface area (Å²) in [5, 5.41) is 4.54. The number of morpholine rings is 1. The average molecular weight is 297 g/mol. The van der Waals surface area contributed by atoms with Gasteiger partial charge in [0.05, 0.1) is 13.2 Å². The minimum Gasteiger partial charge on any atom is -0.378 e. The van der Waals surface area contributed by atoms with Crippen LogP contribution in [0.4, 0.5) is 0 Å². The van der Waals surface area contributed by atoms with Crippen LogP contribution in [0.5, 0.6) is 0 Å². The lowest BCUT2D eigenvalue weighted by atomic mass is 10.2. The molecule has 2 amide bonds. The molecule has 20 heavy (non-hydrogen) atoms. The number of nitrogens with one attached hydrogen (secondary N) is 1. The van der Waals surface area contributed by atoms with Gasteiger partial charge in [0.25, 0.3) is 0 Å². The van der Waals surface area contributed by atoms with Crippen LogP contribution in [-0.2, 0) is 14.3 Å². The predicted molar refractivity (Wildman–Crippen MR) is 76.3 cm³/mol. The summed E-state index contributed by atoms with van der Waals surface area (Å²) in [7, 11) is 0. The van der Waals surface area contributed by atoms with Gasteiger partial charge in [-0.05, 0) is 18.4 Å². The Morgan fingerprint density at radius 1 is 1.45 bits per heavy atom. The maximum atomic E-state index is 12.2. The predicted octanol–water partition coefficient (Wildman–Crippen LogP) is 0.111. The quantitative estimate of drug-likeness (QED) is 0.826. The Morgan fingerprint density at radius 2 is 2.15 bits per heavy atom. The molecule has 1 aromatic heterocycles. The number of nitrogens with zero attached hydrogens (tertiary/aromatic N) is 1. The van der Waals surface area contributed by atoms with Gasteiger partial charge in [-0.2, -0.15) is 0 Å². The molecule has 1 saturated heterocycles. The van der Waals surface area contributed by atoms with Crippen LogP contribution >= 0.6 is 11.3 Å². The zero-order valence-electron chi connectivity index (χ0n) is 11.4. The molecule has 1 fully saturated rings. The Hall–Kier alpha value is -1.44. The molecule has 0 spiro atoms. The van der Waals surface area contributed by atoms with E-state index in [-0.39, 0.29) is 11.8 Å². The van der Waals surface area contributed by atoms with Crippen molar-refractivity contribution in [2.24, 2.45) is 5.73 Å². The van der Waals surface area contributed by atoms with E-state index in [0.29, 0.717) is 26.3 Å². The van der Waals surface area contributed by atoms with Crippen molar-refractivity contribution in [3.8, 4) is 0 Å². The lowest BCUT2D eigenvalue weighted by Gasteiger charge is -2.29. The van der Waals surface area contributed by atoms with Crippen LogP contribution in [0.2, 0.25) is 0 Å². The number of amides is 2. The highest BCUT2D eigenvalue weighted by Gasteiger charge is 2.26. The number of ether oxygens (including phenoxy) is 1. The van der Waals surface area contributed by atoms with Crippen molar-refractivity contribution >= 4 is 23.2 Å². The second-order valence-electron chi connectivity index (χ2n) is 4.66. The summed E-state index contributed by atoms with van der Waals surface area (Å²) in [5.74, 6) is -0.429. The van der Waals surface area contributed by atoms with E-state index in [1.165, 1.54) is 11.3 Å². The topological polar surface area (TPSA) is 84.7 Å². The molecule has 0 bridgehead atoms. The highest BCUT2D eigenvalue weighted by molar-refractivity contribution is 7.10. The number of nitrogens with two attached hydrogens (primary N) is 1. The number of carbonyl (C=O) groups excluding carboxylic acids is 2. The Morgan fingerprint density at radius 3 is 2.75 bits per heavy atom. The second-order valence-corrected chi connectivity index (χ2v) is 5.64. The lowest BCUT2D eigenvalue weighted by Crippen LogP contribution is -2.51. The van der Waals surface area contributed by atoms with Crippen LogP contribution in [0.25, 0.3) is 0 Å². The van der Waals surface area contributed by atoms with E-state index in [2.05, 4.69) is 5.32 Å². The molecule has 0 aliphatic carbocycles. The van der Waals surface area contributed by atoms with Gasteiger partial charge in [-0.3, -0.25) is 9.59 Å². The summed E-state index contributed by atoms with van der Waals surface area (Å²) in [6.45, 7) is 3.89. The highest BCUT2D eigenvalue weighted by Crippen LogP contribution is 2.16. The average Bonchev–Trinajstić information content (AvgIpc) is 3.00. The molecule has 1 aliphatic heterocycles. The lowest BCUT2D eigenvalue weighted by molar-refractivity contribution is -0.139. The summed E-state index contributed by atoms with van der Waals surface area (Å²) < 4.78 is 5.20. The fourth-order valence-corrected chi connectivity index (χ4v) is 2.74. The molecule has 3 N–H and O–H groups in total. The van der Waals surface area contributed by atoms with E-state index in [4.69, 9.17) is 10.5 Å². The Labute approximate surface area is 121 Å². The summed E-state index contributed by atoms with van der Waals surface area (Å²) in [6.07, 6.45) is 0. The summed E-state index contributed by atoms with van der Waals surface area (Å²) in [6, 6.07) is 2.35. The van der Waals surface area contributed by atoms with E-state index in [1.54, 1.807) is 11.8 Å². The van der Waals surface area contributed by atoms with Crippen LogP contribution in [0.1, 0.15) is 17.8 Å². The maximum Gasteiger partial charge on any atom is 0.245 e. The van der Waals surface area contributed by atoms with Crippen LogP contribution in [0.15, 0.2) is 17.5 Å². The Bertz CT molecular complexity index is 457. The molecular formula is C13H19N3O3S.